The fourth-order valence-corrected chi connectivity index (χ4v) is 1.33. The van der Waals surface area contributed by atoms with E-state index in [2.05, 4.69) is 15.9 Å². The molecule has 0 unspecified atom stereocenters. The van der Waals surface area contributed by atoms with Crippen LogP contribution in [0.1, 0.15) is 13.3 Å². The van der Waals surface area contributed by atoms with Gasteiger partial charge in [-0.05, 0) is 31.2 Å². The molecule has 0 aliphatic heterocycles. The monoisotopic (exact) mass is 284 g/mol. The van der Waals surface area contributed by atoms with Crippen molar-refractivity contribution in [3.63, 3.8) is 0 Å². The summed E-state index contributed by atoms with van der Waals surface area (Å²) in [5, 5.41) is 8.61. The molecule has 0 radical (unpaired) electrons. The molecule has 3 nitrogen and oxygen atoms in total. The van der Waals surface area contributed by atoms with Gasteiger partial charge in [0, 0.05) is 16.5 Å². The van der Waals surface area contributed by atoms with Gasteiger partial charge in [0.15, 0.2) is 0 Å². The van der Waals surface area contributed by atoms with Gasteiger partial charge in [-0.1, -0.05) is 22.0 Å². The predicted octanol–water partition coefficient (Wildman–Crippen LogP) is 3.25. The number of hydrogen-bond acceptors (Lipinski definition) is 2. The normalized spacial score (nSPS) is 11.2. The lowest BCUT2D eigenvalue weighted by Gasteiger charge is -2.04. The minimum Gasteiger partial charge on any atom is -0.493 e. The van der Waals surface area contributed by atoms with Crippen LogP contribution in [0.4, 0.5) is 0 Å². The summed E-state index contributed by atoms with van der Waals surface area (Å²) < 4.78 is 6.43. The molecular weight excluding hydrogens is 272 g/mol. The van der Waals surface area contributed by atoms with Gasteiger partial charge in [0.2, 0.25) is 0 Å². The van der Waals surface area contributed by atoms with Crippen LogP contribution in [0.2, 0.25) is 0 Å². The van der Waals surface area contributed by atoms with Crippen molar-refractivity contribution in [3.05, 3.63) is 40.4 Å². The molecule has 0 spiro atoms. The number of ether oxygens (including phenoxy) is 1. The number of rotatable bonds is 5. The smallest absolute Gasteiger partial charge is 0.330 e. The Kier molecular flexibility index (Phi) is 5.05. The van der Waals surface area contributed by atoms with E-state index in [-0.39, 0.29) is 0 Å². The van der Waals surface area contributed by atoms with Crippen LogP contribution in [0, 0.1) is 0 Å². The van der Waals surface area contributed by atoms with E-state index >= 15 is 0 Å². The van der Waals surface area contributed by atoms with E-state index in [0.717, 1.165) is 10.2 Å². The summed E-state index contributed by atoms with van der Waals surface area (Å²) in [5.74, 6) is -0.104. The molecule has 0 amide bonds. The van der Waals surface area contributed by atoms with Gasteiger partial charge in [-0.2, -0.15) is 0 Å². The Morgan fingerprint density at radius 3 is 2.62 bits per heavy atom. The molecule has 0 aliphatic carbocycles. The number of carbonyl (C=O) groups is 1. The SMILES string of the molecule is CC(=CCCOc1ccc(Br)cc1)C(=O)O. The van der Waals surface area contributed by atoms with Gasteiger partial charge < -0.3 is 9.84 Å². The van der Waals surface area contributed by atoms with Crippen molar-refractivity contribution in [2.45, 2.75) is 13.3 Å². The van der Waals surface area contributed by atoms with Gasteiger partial charge in [0.25, 0.3) is 0 Å². The molecule has 0 aliphatic rings. The summed E-state index contributed by atoms with van der Waals surface area (Å²) in [5.41, 5.74) is 0.347. The summed E-state index contributed by atoms with van der Waals surface area (Å²) >= 11 is 3.33. The van der Waals surface area contributed by atoms with Gasteiger partial charge in [-0.25, -0.2) is 4.79 Å². The molecule has 0 aromatic heterocycles. The summed E-state index contributed by atoms with van der Waals surface area (Å²) in [6.45, 7) is 2.05. The number of carboxylic acids is 1. The molecule has 4 heteroatoms. The molecular formula is C12H13BrO3. The molecule has 1 rings (SSSR count). The number of benzene rings is 1. The van der Waals surface area contributed by atoms with E-state index in [9.17, 15) is 4.79 Å². The zero-order valence-electron chi connectivity index (χ0n) is 8.94. The van der Waals surface area contributed by atoms with Crippen molar-refractivity contribution < 1.29 is 14.6 Å². The molecule has 0 bridgehead atoms. The third kappa shape index (κ3) is 4.49. The molecule has 0 saturated heterocycles. The van der Waals surface area contributed by atoms with Crippen molar-refractivity contribution >= 4 is 21.9 Å². The molecule has 1 aromatic rings. The molecule has 0 heterocycles. The zero-order valence-corrected chi connectivity index (χ0v) is 10.5. The lowest BCUT2D eigenvalue weighted by molar-refractivity contribution is -0.132. The standard InChI is InChI=1S/C12H13BrO3/c1-9(12(14)15)3-2-8-16-11-6-4-10(13)5-7-11/h3-7H,2,8H2,1H3,(H,14,15). The van der Waals surface area contributed by atoms with Crippen molar-refractivity contribution in [1.82, 2.24) is 0 Å². The molecule has 1 aromatic carbocycles. The van der Waals surface area contributed by atoms with Crippen LogP contribution in [-0.2, 0) is 4.79 Å². The van der Waals surface area contributed by atoms with Crippen molar-refractivity contribution in [3.8, 4) is 5.75 Å². The predicted molar refractivity (Wildman–Crippen MR) is 65.6 cm³/mol. The Labute approximate surface area is 103 Å². The summed E-state index contributed by atoms with van der Waals surface area (Å²) in [4.78, 5) is 10.5. The van der Waals surface area contributed by atoms with Crippen LogP contribution < -0.4 is 4.74 Å². The van der Waals surface area contributed by atoms with Crippen LogP contribution >= 0.6 is 15.9 Å². The summed E-state index contributed by atoms with van der Waals surface area (Å²) in [6, 6.07) is 7.51. The van der Waals surface area contributed by atoms with E-state index in [0.29, 0.717) is 18.6 Å². The van der Waals surface area contributed by atoms with Gasteiger partial charge in [0.1, 0.15) is 5.75 Å². The second-order valence-electron chi connectivity index (χ2n) is 3.28. The second-order valence-corrected chi connectivity index (χ2v) is 4.20. The molecule has 0 fully saturated rings. The van der Waals surface area contributed by atoms with Crippen molar-refractivity contribution in [2.75, 3.05) is 6.61 Å². The van der Waals surface area contributed by atoms with E-state index in [1.54, 1.807) is 13.0 Å². The second kappa shape index (κ2) is 6.33. The largest absolute Gasteiger partial charge is 0.493 e. The average molecular weight is 285 g/mol. The van der Waals surface area contributed by atoms with Gasteiger partial charge in [-0.15, -0.1) is 0 Å². The first-order valence-corrected chi connectivity index (χ1v) is 5.67. The highest BCUT2D eigenvalue weighted by atomic mass is 79.9. The Hall–Kier alpha value is -1.29. The minimum absolute atomic E-state index is 0.347. The fraction of sp³-hybridized carbons (Fsp3) is 0.250. The summed E-state index contributed by atoms with van der Waals surface area (Å²) in [7, 11) is 0. The maximum absolute atomic E-state index is 10.5. The highest BCUT2D eigenvalue weighted by Gasteiger charge is 1.98. The number of hydrogen-bond donors (Lipinski definition) is 1. The van der Waals surface area contributed by atoms with E-state index in [1.807, 2.05) is 24.3 Å². The highest BCUT2D eigenvalue weighted by Crippen LogP contribution is 2.16. The number of aliphatic carboxylic acids is 1. The average Bonchev–Trinajstić information content (AvgIpc) is 2.26. The quantitative estimate of drug-likeness (QED) is 0.667. The first-order chi connectivity index (χ1) is 7.59. The summed E-state index contributed by atoms with van der Waals surface area (Å²) in [6.07, 6.45) is 2.25. The molecule has 16 heavy (non-hydrogen) atoms. The first kappa shape index (κ1) is 12.8. The minimum atomic E-state index is -0.886. The Bertz CT molecular complexity index is 382. The Morgan fingerprint density at radius 2 is 2.06 bits per heavy atom. The molecule has 0 saturated carbocycles. The van der Waals surface area contributed by atoms with E-state index in [4.69, 9.17) is 9.84 Å². The number of carboxylic acid groups (broad SMARTS) is 1. The van der Waals surface area contributed by atoms with Crippen LogP contribution in [0.3, 0.4) is 0 Å². The zero-order chi connectivity index (χ0) is 12.0. The number of halogens is 1. The van der Waals surface area contributed by atoms with Crippen LogP contribution in [-0.4, -0.2) is 17.7 Å². The molecule has 1 N–H and O–H groups in total. The van der Waals surface area contributed by atoms with E-state index < -0.39 is 5.97 Å². The third-order valence-corrected chi connectivity index (χ3v) is 2.52. The maximum Gasteiger partial charge on any atom is 0.330 e. The Balaban J connectivity index is 2.34. The molecule has 0 atom stereocenters. The Morgan fingerprint density at radius 1 is 1.44 bits per heavy atom. The third-order valence-electron chi connectivity index (χ3n) is 1.99. The van der Waals surface area contributed by atoms with Gasteiger partial charge >= 0.3 is 5.97 Å². The fourth-order valence-electron chi connectivity index (χ4n) is 1.07. The van der Waals surface area contributed by atoms with Crippen LogP contribution in [0.5, 0.6) is 5.75 Å². The van der Waals surface area contributed by atoms with Gasteiger partial charge in [-0.3, -0.25) is 0 Å². The van der Waals surface area contributed by atoms with Crippen molar-refractivity contribution in [2.24, 2.45) is 0 Å². The van der Waals surface area contributed by atoms with Crippen LogP contribution in [0.15, 0.2) is 40.4 Å². The first-order valence-electron chi connectivity index (χ1n) is 4.88. The highest BCUT2D eigenvalue weighted by molar-refractivity contribution is 9.10. The lowest BCUT2D eigenvalue weighted by atomic mass is 10.2. The maximum atomic E-state index is 10.5. The van der Waals surface area contributed by atoms with Crippen molar-refractivity contribution in [1.29, 1.82) is 0 Å². The topological polar surface area (TPSA) is 46.5 Å². The van der Waals surface area contributed by atoms with E-state index in [1.165, 1.54) is 0 Å². The van der Waals surface area contributed by atoms with Crippen LogP contribution in [0.25, 0.3) is 0 Å². The molecule has 86 valence electrons. The van der Waals surface area contributed by atoms with Gasteiger partial charge in [0.05, 0.1) is 6.61 Å². The lowest BCUT2D eigenvalue weighted by Crippen LogP contribution is -1.99.